The van der Waals surface area contributed by atoms with E-state index in [1.54, 1.807) is 7.11 Å². The number of rotatable bonds is 4. The summed E-state index contributed by atoms with van der Waals surface area (Å²) in [5.41, 5.74) is 7.28. The van der Waals surface area contributed by atoms with Gasteiger partial charge in [-0.2, -0.15) is 0 Å². The number of nitrogens with two attached hydrogens (primary N) is 1. The van der Waals surface area contributed by atoms with Crippen LogP contribution < -0.4 is 10.5 Å². The van der Waals surface area contributed by atoms with Crippen LogP contribution in [0.25, 0.3) is 11.4 Å². The molecular formula is C14H19N5O. The molecule has 0 unspecified atom stereocenters. The van der Waals surface area contributed by atoms with Crippen molar-refractivity contribution in [3.63, 3.8) is 0 Å². The number of benzene rings is 1. The summed E-state index contributed by atoms with van der Waals surface area (Å²) in [7, 11) is 1.61. The number of hydrogen-bond acceptors (Lipinski definition) is 5. The van der Waals surface area contributed by atoms with Crippen LogP contribution in [0.5, 0.6) is 5.75 Å². The lowest BCUT2D eigenvalue weighted by molar-refractivity contribution is 0.271. The molecular weight excluding hydrogens is 254 g/mol. The summed E-state index contributed by atoms with van der Waals surface area (Å²) in [4.78, 5) is 0. The van der Waals surface area contributed by atoms with E-state index in [4.69, 9.17) is 10.5 Å². The number of methoxy groups -OCH3 is 1. The van der Waals surface area contributed by atoms with Crippen LogP contribution in [-0.2, 0) is 5.54 Å². The Kier molecular flexibility index (Phi) is 2.88. The van der Waals surface area contributed by atoms with Crippen LogP contribution in [0.15, 0.2) is 18.2 Å². The highest BCUT2D eigenvalue weighted by Crippen LogP contribution is 2.45. The molecule has 1 fully saturated rings. The van der Waals surface area contributed by atoms with E-state index in [0.717, 1.165) is 5.56 Å². The van der Waals surface area contributed by atoms with E-state index in [-0.39, 0.29) is 5.54 Å². The SMILES string of the molecule is COc1c(N)cccc1-c1nnnn1C(C)(C)C1CC1. The van der Waals surface area contributed by atoms with E-state index in [9.17, 15) is 0 Å². The van der Waals surface area contributed by atoms with Gasteiger partial charge < -0.3 is 10.5 Å². The summed E-state index contributed by atoms with van der Waals surface area (Å²) in [5.74, 6) is 1.94. The molecule has 106 valence electrons. The molecule has 0 aliphatic heterocycles. The van der Waals surface area contributed by atoms with Crippen LogP contribution in [0.4, 0.5) is 5.69 Å². The highest BCUT2D eigenvalue weighted by molar-refractivity contribution is 5.73. The summed E-state index contributed by atoms with van der Waals surface area (Å²) in [6, 6.07) is 5.62. The smallest absolute Gasteiger partial charge is 0.186 e. The minimum atomic E-state index is -0.103. The molecule has 1 aliphatic rings. The zero-order valence-electron chi connectivity index (χ0n) is 12.0. The molecule has 6 nitrogen and oxygen atoms in total. The Morgan fingerprint density at radius 1 is 1.35 bits per heavy atom. The van der Waals surface area contributed by atoms with Gasteiger partial charge >= 0.3 is 0 Å². The van der Waals surface area contributed by atoms with Crippen molar-refractivity contribution in [2.75, 3.05) is 12.8 Å². The molecule has 0 spiro atoms. The fourth-order valence-electron chi connectivity index (χ4n) is 2.66. The third-order valence-corrected chi connectivity index (χ3v) is 4.08. The van der Waals surface area contributed by atoms with Gasteiger partial charge in [-0.25, -0.2) is 4.68 Å². The average molecular weight is 273 g/mol. The molecule has 1 saturated carbocycles. The van der Waals surface area contributed by atoms with E-state index in [2.05, 4.69) is 29.4 Å². The minimum Gasteiger partial charge on any atom is -0.494 e. The Labute approximate surface area is 117 Å². The maximum atomic E-state index is 5.97. The van der Waals surface area contributed by atoms with Crippen molar-refractivity contribution < 1.29 is 4.74 Å². The number of tetrazole rings is 1. The zero-order valence-corrected chi connectivity index (χ0v) is 12.0. The first-order valence-electron chi connectivity index (χ1n) is 6.77. The Bertz CT molecular complexity index is 630. The molecule has 1 aromatic heterocycles. The maximum Gasteiger partial charge on any atom is 0.186 e. The highest BCUT2D eigenvalue weighted by Gasteiger charge is 2.41. The predicted molar refractivity (Wildman–Crippen MR) is 76.3 cm³/mol. The third kappa shape index (κ3) is 1.92. The Morgan fingerprint density at radius 2 is 2.10 bits per heavy atom. The normalized spacial score (nSPS) is 15.3. The van der Waals surface area contributed by atoms with E-state index in [1.165, 1.54) is 12.8 Å². The summed E-state index contributed by atoms with van der Waals surface area (Å²) in [6.45, 7) is 4.34. The van der Waals surface area contributed by atoms with Crippen LogP contribution in [0.2, 0.25) is 0 Å². The number of nitrogen functional groups attached to an aromatic ring is 1. The molecule has 0 atom stereocenters. The van der Waals surface area contributed by atoms with Crippen molar-refractivity contribution in [3.05, 3.63) is 18.2 Å². The third-order valence-electron chi connectivity index (χ3n) is 4.08. The van der Waals surface area contributed by atoms with Gasteiger partial charge in [0.05, 0.1) is 23.9 Å². The molecule has 1 aromatic carbocycles. The van der Waals surface area contributed by atoms with Gasteiger partial charge in [0.2, 0.25) is 0 Å². The van der Waals surface area contributed by atoms with Gasteiger partial charge in [0.15, 0.2) is 11.6 Å². The average Bonchev–Trinajstić information content (AvgIpc) is 3.16. The van der Waals surface area contributed by atoms with Crippen molar-refractivity contribution in [2.24, 2.45) is 5.92 Å². The molecule has 2 aromatic rings. The van der Waals surface area contributed by atoms with E-state index in [0.29, 0.717) is 23.2 Å². The van der Waals surface area contributed by atoms with Gasteiger partial charge in [-0.15, -0.1) is 5.10 Å². The number of anilines is 1. The zero-order chi connectivity index (χ0) is 14.3. The number of hydrogen-bond donors (Lipinski definition) is 1. The lowest BCUT2D eigenvalue weighted by Gasteiger charge is -2.26. The van der Waals surface area contributed by atoms with Crippen molar-refractivity contribution in [1.29, 1.82) is 0 Å². The number of para-hydroxylation sites is 1. The summed E-state index contributed by atoms with van der Waals surface area (Å²) in [5, 5.41) is 12.2. The quantitative estimate of drug-likeness (QED) is 0.863. The Balaban J connectivity index is 2.13. The first kappa shape index (κ1) is 12.9. The van der Waals surface area contributed by atoms with Crippen molar-refractivity contribution >= 4 is 5.69 Å². The van der Waals surface area contributed by atoms with E-state index >= 15 is 0 Å². The summed E-state index contributed by atoms with van der Waals surface area (Å²) < 4.78 is 7.30. The van der Waals surface area contributed by atoms with Crippen molar-refractivity contribution in [1.82, 2.24) is 20.2 Å². The lowest BCUT2D eigenvalue weighted by Crippen LogP contribution is -2.30. The second-order valence-electron chi connectivity index (χ2n) is 5.77. The van der Waals surface area contributed by atoms with Gasteiger partial charge in [-0.05, 0) is 55.2 Å². The number of aromatic nitrogens is 4. The standard InChI is InChI=1S/C14H19N5O/c1-14(2,9-7-8-9)19-13(16-17-18-19)10-5-4-6-11(15)12(10)20-3/h4-6,9H,7-8,15H2,1-3H3. The number of nitrogens with zero attached hydrogens (tertiary/aromatic N) is 4. The fourth-order valence-corrected chi connectivity index (χ4v) is 2.66. The van der Waals surface area contributed by atoms with Crippen molar-refractivity contribution in [2.45, 2.75) is 32.2 Å². The lowest BCUT2D eigenvalue weighted by atomic mass is 9.98. The minimum absolute atomic E-state index is 0.103. The predicted octanol–water partition coefficient (Wildman–Crippen LogP) is 2.08. The molecule has 0 saturated heterocycles. The van der Waals surface area contributed by atoms with Gasteiger partial charge in [0.25, 0.3) is 0 Å². The molecule has 0 bridgehead atoms. The summed E-state index contributed by atoms with van der Waals surface area (Å²) in [6.07, 6.45) is 2.45. The van der Waals surface area contributed by atoms with Crippen LogP contribution in [0.3, 0.4) is 0 Å². The Morgan fingerprint density at radius 3 is 2.75 bits per heavy atom. The van der Waals surface area contributed by atoms with Crippen LogP contribution in [-0.4, -0.2) is 27.3 Å². The van der Waals surface area contributed by atoms with Gasteiger partial charge in [0, 0.05) is 0 Å². The molecule has 0 radical (unpaired) electrons. The van der Waals surface area contributed by atoms with Gasteiger partial charge in [-0.3, -0.25) is 0 Å². The topological polar surface area (TPSA) is 78.8 Å². The highest BCUT2D eigenvalue weighted by atomic mass is 16.5. The second kappa shape index (κ2) is 4.47. The van der Waals surface area contributed by atoms with Gasteiger partial charge in [0.1, 0.15) is 0 Å². The van der Waals surface area contributed by atoms with Crippen LogP contribution in [0.1, 0.15) is 26.7 Å². The van der Waals surface area contributed by atoms with Crippen LogP contribution >= 0.6 is 0 Å². The number of ether oxygens (including phenoxy) is 1. The molecule has 1 aliphatic carbocycles. The molecule has 6 heteroatoms. The molecule has 2 N–H and O–H groups in total. The molecule has 0 amide bonds. The van der Waals surface area contributed by atoms with Crippen molar-refractivity contribution in [3.8, 4) is 17.1 Å². The monoisotopic (exact) mass is 273 g/mol. The van der Waals surface area contributed by atoms with Crippen LogP contribution in [0, 0.1) is 5.92 Å². The second-order valence-corrected chi connectivity index (χ2v) is 5.77. The fraction of sp³-hybridized carbons (Fsp3) is 0.500. The first-order valence-corrected chi connectivity index (χ1v) is 6.77. The van der Waals surface area contributed by atoms with Gasteiger partial charge in [-0.1, -0.05) is 6.07 Å². The molecule has 3 rings (SSSR count). The largest absolute Gasteiger partial charge is 0.494 e. The molecule has 20 heavy (non-hydrogen) atoms. The summed E-state index contributed by atoms with van der Waals surface area (Å²) >= 11 is 0. The molecule has 1 heterocycles. The first-order chi connectivity index (χ1) is 9.55. The maximum absolute atomic E-state index is 5.97. The Hall–Kier alpha value is -2.11. The van der Waals surface area contributed by atoms with E-state index in [1.807, 2.05) is 22.9 Å². The van der Waals surface area contributed by atoms with E-state index < -0.39 is 0 Å².